The zero-order chi connectivity index (χ0) is 21.7. The second-order valence-corrected chi connectivity index (χ2v) is 6.63. The Labute approximate surface area is 170 Å². The molecule has 0 aliphatic heterocycles. The van der Waals surface area contributed by atoms with Crippen molar-refractivity contribution in [2.75, 3.05) is 7.11 Å². The van der Waals surface area contributed by atoms with Crippen LogP contribution in [0.5, 0.6) is 0 Å². The molecule has 158 valence electrons. The number of benzene rings is 2. The van der Waals surface area contributed by atoms with Crippen LogP contribution in [0, 0.1) is 5.82 Å². The summed E-state index contributed by atoms with van der Waals surface area (Å²) < 4.78 is 57.4. The quantitative estimate of drug-likeness (QED) is 0.464. The third-order valence-electron chi connectivity index (χ3n) is 4.49. The van der Waals surface area contributed by atoms with E-state index in [4.69, 9.17) is 4.74 Å². The number of esters is 1. The summed E-state index contributed by atoms with van der Waals surface area (Å²) in [6, 6.07) is 9.81. The van der Waals surface area contributed by atoms with Crippen molar-refractivity contribution in [1.29, 1.82) is 0 Å². The molecule has 0 bridgehead atoms. The van der Waals surface area contributed by atoms with Gasteiger partial charge in [0.25, 0.3) is 0 Å². The molecule has 1 aromatic heterocycles. The number of alkyl halides is 3. The molecule has 30 heavy (non-hydrogen) atoms. The van der Waals surface area contributed by atoms with E-state index in [1.54, 1.807) is 24.5 Å². The molecular formula is C21H19F4N3O2. The molecule has 1 N–H and O–H groups in total. The third kappa shape index (κ3) is 5.44. The monoisotopic (exact) mass is 421 g/mol. The summed E-state index contributed by atoms with van der Waals surface area (Å²) in [6.07, 6.45) is -0.885. The predicted molar refractivity (Wildman–Crippen MR) is 101 cm³/mol. The second kappa shape index (κ2) is 9.08. The standard InChI is InChI=1S/C21H19F4N3O2/c1-30-20(29)19(10-14-2-6-17(22)7-3-14)26-11-15-12-27-28(13-15)18-8-4-16(5-9-18)21(23,24)25/h2-9,12-13,19,26H,10-11H2,1H3. The number of carbonyl (C=O) groups excluding carboxylic acids is 1. The summed E-state index contributed by atoms with van der Waals surface area (Å²) in [5.41, 5.74) is 1.23. The molecule has 0 aliphatic rings. The van der Waals surface area contributed by atoms with E-state index < -0.39 is 23.8 Å². The number of rotatable bonds is 7. The Kier molecular flexibility index (Phi) is 6.51. The average molecular weight is 421 g/mol. The van der Waals surface area contributed by atoms with Crippen molar-refractivity contribution < 1.29 is 27.1 Å². The molecule has 3 rings (SSSR count). The van der Waals surface area contributed by atoms with Crippen molar-refractivity contribution in [3.05, 3.63) is 83.4 Å². The maximum absolute atomic E-state index is 13.1. The van der Waals surface area contributed by atoms with Crippen molar-refractivity contribution in [2.45, 2.75) is 25.2 Å². The first-order chi connectivity index (χ1) is 14.3. The van der Waals surface area contributed by atoms with Gasteiger partial charge in [-0.2, -0.15) is 18.3 Å². The predicted octanol–water partition coefficient (Wildman–Crippen LogP) is 3.90. The summed E-state index contributed by atoms with van der Waals surface area (Å²) in [6.45, 7) is 0.279. The fourth-order valence-corrected chi connectivity index (χ4v) is 2.87. The number of halogens is 4. The number of nitrogens with zero attached hydrogens (tertiary/aromatic N) is 2. The van der Waals surface area contributed by atoms with Crippen molar-refractivity contribution in [2.24, 2.45) is 0 Å². The van der Waals surface area contributed by atoms with Crippen LogP contribution in [0.25, 0.3) is 5.69 Å². The Morgan fingerprint density at radius 1 is 1.10 bits per heavy atom. The molecule has 0 spiro atoms. The van der Waals surface area contributed by atoms with E-state index >= 15 is 0 Å². The van der Waals surface area contributed by atoms with E-state index in [9.17, 15) is 22.4 Å². The van der Waals surface area contributed by atoms with Crippen LogP contribution in [0.2, 0.25) is 0 Å². The normalized spacial score (nSPS) is 12.6. The molecule has 3 aromatic rings. The number of hydrogen-bond donors (Lipinski definition) is 1. The van der Waals surface area contributed by atoms with Gasteiger partial charge < -0.3 is 4.74 Å². The van der Waals surface area contributed by atoms with Crippen LogP contribution in [0.3, 0.4) is 0 Å². The highest BCUT2D eigenvalue weighted by Crippen LogP contribution is 2.29. The number of nitrogens with one attached hydrogen (secondary N) is 1. The molecule has 0 saturated heterocycles. The van der Waals surface area contributed by atoms with Gasteiger partial charge in [-0.15, -0.1) is 0 Å². The molecule has 9 heteroatoms. The van der Waals surface area contributed by atoms with Crippen LogP contribution < -0.4 is 5.32 Å². The Balaban J connectivity index is 1.66. The highest BCUT2D eigenvalue weighted by atomic mass is 19.4. The summed E-state index contributed by atoms with van der Waals surface area (Å²) in [7, 11) is 1.28. The number of methoxy groups -OCH3 is 1. The Bertz CT molecular complexity index is 983. The first-order valence-electron chi connectivity index (χ1n) is 9.03. The fourth-order valence-electron chi connectivity index (χ4n) is 2.87. The molecule has 0 fully saturated rings. The van der Waals surface area contributed by atoms with Crippen LogP contribution in [0.1, 0.15) is 16.7 Å². The lowest BCUT2D eigenvalue weighted by molar-refractivity contribution is -0.143. The van der Waals surface area contributed by atoms with Gasteiger partial charge in [-0.3, -0.25) is 10.1 Å². The molecule has 0 aliphatic carbocycles. The largest absolute Gasteiger partial charge is 0.468 e. The van der Waals surface area contributed by atoms with Gasteiger partial charge in [-0.25, -0.2) is 9.07 Å². The minimum atomic E-state index is -4.40. The number of ether oxygens (including phenoxy) is 1. The molecule has 0 radical (unpaired) electrons. The van der Waals surface area contributed by atoms with Crippen LogP contribution in [0.4, 0.5) is 17.6 Å². The highest BCUT2D eigenvalue weighted by Gasteiger charge is 2.30. The van der Waals surface area contributed by atoms with Crippen LogP contribution >= 0.6 is 0 Å². The summed E-state index contributed by atoms with van der Waals surface area (Å²) >= 11 is 0. The Morgan fingerprint density at radius 3 is 2.37 bits per heavy atom. The number of aromatic nitrogens is 2. The smallest absolute Gasteiger partial charge is 0.416 e. The Morgan fingerprint density at radius 2 is 1.77 bits per heavy atom. The third-order valence-corrected chi connectivity index (χ3v) is 4.49. The summed E-state index contributed by atoms with van der Waals surface area (Å²) in [5, 5.41) is 7.23. The van der Waals surface area contributed by atoms with Gasteiger partial charge in [0, 0.05) is 18.3 Å². The summed E-state index contributed by atoms with van der Waals surface area (Å²) in [5.74, 6) is -0.827. The van der Waals surface area contributed by atoms with Gasteiger partial charge in [0.15, 0.2) is 0 Å². The molecule has 5 nitrogen and oxygen atoms in total. The molecular weight excluding hydrogens is 402 g/mol. The van der Waals surface area contributed by atoms with Gasteiger partial charge >= 0.3 is 12.1 Å². The lowest BCUT2D eigenvalue weighted by Gasteiger charge is -2.16. The van der Waals surface area contributed by atoms with Gasteiger partial charge in [-0.05, 0) is 48.4 Å². The summed E-state index contributed by atoms with van der Waals surface area (Å²) in [4.78, 5) is 12.1. The number of carbonyl (C=O) groups is 1. The molecule has 2 aromatic carbocycles. The first-order valence-corrected chi connectivity index (χ1v) is 9.03. The zero-order valence-corrected chi connectivity index (χ0v) is 16.0. The van der Waals surface area contributed by atoms with Crippen molar-refractivity contribution in [3.8, 4) is 5.69 Å². The SMILES string of the molecule is COC(=O)C(Cc1ccc(F)cc1)NCc1cnn(-c2ccc(C(F)(F)F)cc2)c1. The Hall–Kier alpha value is -3.20. The van der Waals surface area contributed by atoms with Crippen LogP contribution in [0.15, 0.2) is 60.9 Å². The zero-order valence-electron chi connectivity index (χ0n) is 16.0. The van der Waals surface area contributed by atoms with Crippen molar-refractivity contribution in [3.63, 3.8) is 0 Å². The van der Waals surface area contributed by atoms with Gasteiger partial charge in [0.1, 0.15) is 11.9 Å². The molecule has 1 heterocycles. The topological polar surface area (TPSA) is 56.1 Å². The lowest BCUT2D eigenvalue weighted by Crippen LogP contribution is -2.39. The molecule has 0 saturated carbocycles. The number of hydrogen-bond acceptors (Lipinski definition) is 4. The van der Waals surface area contributed by atoms with Gasteiger partial charge in [-0.1, -0.05) is 12.1 Å². The first kappa shape index (κ1) is 21.5. The van der Waals surface area contributed by atoms with E-state index in [-0.39, 0.29) is 12.4 Å². The minimum Gasteiger partial charge on any atom is -0.468 e. The van der Waals surface area contributed by atoms with Crippen LogP contribution in [-0.4, -0.2) is 28.9 Å². The molecule has 0 amide bonds. The van der Waals surface area contributed by atoms with Gasteiger partial charge in [0.2, 0.25) is 0 Å². The maximum atomic E-state index is 13.1. The van der Waals surface area contributed by atoms with E-state index in [0.29, 0.717) is 12.1 Å². The van der Waals surface area contributed by atoms with Crippen molar-refractivity contribution in [1.82, 2.24) is 15.1 Å². The van der Waals surface area contributed by atoms with Crippen molar-refractivity contribution >= 4 is 5.97 Å². The minimum absolute atomic E-state index is 0.279. The maximum Gasteiger partial charge on any atom is 0.416 e. The van der Waals surface area contributed by atoms with E-state index in [1.807, 2.05) is 0 Å². The fraction of sp³-hybridized carbons (Fsp3) is 0.238. The van der Waals surface area contributed by atoms with Gasteiger partial charge in [0.05, 0.1) is 24.6 Å². The average Bonchev–Trinajstić information content (AvgIpc) is 3.20. The van der Waals surface area contributed by atoms with E-state index in [2.05, 4.69) is 10.4 Å². The second-order valence-electron chi connectivity index (χ2n) is 6.63. The van der Waals surface area contributed by atoms with E-state index in [0.717, 1.165) is 23.3 Å². The van der Waals surface area contributed by atoms with Crippen LogP contribution in [-0.2, 0) is 28.7 Å². The lowest BCUT2D eigenvalue weighted by atomic mass is 10.1. The molecule has 1 unspecified atom stereocenters. The van der Waals surface area contributed by atoms with E-state index in [1.165, 1.54) is 36.1 Å². The highest BCUT2D eigenvalue weighted by molar-refractivity contribution is 5.76. The molecule has 1 atom stereocenters.